The molecule has 0 heterocycles. The Balaban J connectivity index is 3.10. The summed E-state index contributed by atoms with van der Waals surface area (Å²) in [5.41, 5.74) is 0.655. The smallest absolute Gasteiger partial charge is 0.216 e. The van der Waals surface area contributed by atoms with Crippen LogP contribution < -0.4 is 5.14 Å². The van der Waals surface area contributed by atoms with Crippen LogP contribution in [-0.4, -0.2) is 19.8 Å². The number of nitrogens with zero attached hydrogens (tertiary/aromatic N) is 1. The van der Waals surface area contributed by atoms with E-state index >= 15 is 0 Å². The maximum Gasteiger partial charge on any atom is 0.277 e. The fraction of sp³-hybridized carbons (Fsp3) is 0.333. The second kappa shape index (κ2) is 4.89. The van der Waals surface area contributed by atoms with Crippen molar-refractivity contribution in [1.82, 2.24) is 4.31 Å². The molecule has 0 amide bonds. The van der Waals surface area contributed by atoms with Crippen LogP contribution in [-0.2, 0) is 10.2 Å². The molecule has 1 aromatic rings. The molecule has 0 saturated carbocycles. The van der Waals surface area contributed by atoms with Crippen molar-refractivity contribution in [2.45, 2.75) is 13.0 Å². The fourth-order valence-corrected chi connectivity index (χ4v) is 2.38. The lowest BCUT2D eigenvalue weighted by molar-refractivity contribution is 0.399. The average molecular weight is 283 g/mol. The highest BCUT2D eigenvalue weighted by molar-refractivity contribution is 7.86. The second-order valence-corrected chi connectivity index (χ2v) is 5.85. The first-order valence-corrected chi connectivity index (χ1v) is 6.70. The molecule has 0 saturated heterocycles. The monoisotopic (exact) mass is 282 g/mol. The Bertz CT molecular complexity index is 490. The van der Waals surface area contributed by atoms with Gasteiger partial charge in [0.05, 0.1) is 0 Å². The van der Waals surface area contributed by atoms with Gasteiger partial charge < -0.3 is 0 Å². The van der Waals surface area contributed by atoms with Crippen molar-refractivity contribution in [3.05, 3.63) is 33.8 Å². The largest absolute Gasteiger partial charge is 0.277 e. The number of hydrogen-bond acceptors (Lipinski definition) is 2. The van der Waals surface area contributed by atoms with Gasteiger partial charge in [-0.3, -0.25) is 0 Å². The zero-order chi connectivity index (χ0) is 12.5. The van der Waals surface area contributed by atoms with Gasteiger partial charge in [-0.05, 0) is 24.6 Å². The molecule has 0 aromatic heterocycles. The lowest BCUT2D eigenvalue weighted by atomic mass is 10.1. The summed E-state index contributed by atoms with van der Waals surface area (Å²) < 4.78 is 23.4. The summed E-state index contributed by atoms with van der Waals surface area (Å²) in [7, 11) is -2.34. The molecular formula is C9H12Cl2N2O2S. The molecule has 0 aliphatic rings. The summed E-state index contributed by atoms with van der Waals surface area (Å²) in [5, 5.41) is 5.94. The van der Waals surface area contributed by atoms with Crippen LogP contribution in [0, 0.1) is 0 Å². The van der Waals surface area contributed by atoms with Crippen molar-refractivity contribution < 1.29 is 8.42 Å². The maximum absolute atomic E-state index is 11.2. The fourth-order valence-electron chi connectivity index (χ4n) is 1.26. The number of rotatable bonds is 3. The molecule has 7 heteroatoms. The van der Waals surface area contributed by atoms with Crippen LogP contribution in [0.1, 0.15) is 18.5 Å². The molecule has 90 valence electrons. The molecule has 0 bridgehead atoms. The molecule has 0 aliphatic heterocycles. The number of nitrogens with two attached hydrogens (primary N) is 1. The van der Waals surface area contributed by atoms with Gasteiger partial charge >= 0.3 is 0 Å². The van der Waals surface area contributed by atoms with Crippen LogP contribution >= 0.6 is 23.2 Å². The first-order valence-electron chi connectivity index (χ1n) is 4.44. The number of halogens is 2. The summed E-state index contributed by atoms with van der Waals surface area (Å²) in [6.45, 7) is 1.69. The minimum atomic E-state index is -3.74. The van der Waals surface area contributed by atoms with E-state index in [2.05, 4.69) is 0 Å². The molecule has 1 unspecified atom stereocenters. The van der Waals surface area contributed by atoms with Crippen LogP contribution in [0.25, 0.3) is 0 Å². The van der Waals surface area contributed by atoms with Gasteiger partial charge in [-0.1, -0.05) is 29.3 Å². The van der Waals surface area contributed by atoms with Crippen molar-refractivity contribution in [2.75, 3.05) is 7.05 Å². The Kier molecular flexibility index (Phi) is 4.20. The molecule has 0 aliphatic carbocycles. The van der Waals surface area contributed by atoms with Crippen molar-refractivity contribution in [2.24, 2.45) is 5.14 Å². The van der Waals surface area contributed by atoms with E-state index in [-0.39, 0.29) is 0 Å². The maximum atomic E-state index is 11.2. The van der Waals surface area contributed by atoms with Crippen molar-refractivity contribution in [3.8, 4) is 0 Å². The molecule has 1 atom stereocenters. The van der Waals surface area contributed by atoms with Crippen LogP contribution in [0.15, 0.2) is 18.2 Å². The number of hydrogen-bond donors (Lipinski definition) is 1. The van der Waals surface area contributed by atoms with E-state index in [0.717, 1.165) is 4.31 Å². The first kappa shape index (κ1) is 13.7. The van der Waals surface area contributed by atoms with Gasteiger partial charge in [0.25, 0.3) is 10.2 Å². The van der Waals surface area contributed by atoms with E-state index in [9.17, 15) is 8.42 Å². The highest BCUT2D eigenvalue weighted by Gasteiger charge is 2.22. The molecule has 4 nitrogen and oxygen atoms in total. The van der Waals surface area contributed by atoms with Gasteiger partial charge in [0.2, 0.25) is 0 Å². The van der Waals surface area contributed by atoms with Crippen LogP contribution in [0.3, 0.4) is 0 Å². The SMILES string of the molecule is CC(c1ccc(Cl)cc1Cl)N(C)S(N)(=O)=O. The predicted octanol–water partition coefficient (Wildman–Crippen LogP) is 2.19. The molecule has 0 spiro atoms. The third-order valence-electron chi connectivity index (χ3n) is 2.36. The lowest BCUT2D eigenvalue weighted by Gasteiger charge is -2.23. The Morgan fingerprint density at radius 1 is 1.38 bits per heavy atom. The van der Waals surface area contributed by atoms with E-state index in [0.29, 0.717) is 15.6 Å². The Labute approximate surface area is 105 Å². The van der Waals surface area contributed by atoms with Crippen LogP contribution in [0.2, 0.25) is 10.0 Å². The molecular weight excluding hydrogens is 271 g/mol. The lowest BCUT2D eigenvalue weighted by Crippen LogP contribution is -2.35. The minimum absolute atomic E-state index is 0.413. The van der Waals surface area contributed by atoms with Crippen molar-refractivity contribution in [3.63, 3.8) is 0 Å². The molecule has 16 heavy (non-hydrogen) atoms. The standard InChI is InChI=1S/C9H12Cl2N2O2S/c1-6(13(2)16(12,14)15)8-4-3-7(10)5-9(8)11/h3-6H,1-2H3,(H2,12,14,15). The van der Waals surface area contributed by atoms with E-state index in [1.807, 2.05) is 0 Å². The third kappa shape index (κ3) is 3.09. The van der Waals surface area contributed by atoms with Gasteiger partial charge in [-0.15, -0.1) is 0 Å². The third-order valence-corrected chi connectivity index (χ3v) is 4.04. The van der Waals surface area contributed by atoms with Gasteiger partial charge in [0.15, 0.2) is 0 Å². The highest BCUT2D eigenvalue weighted by Crippen LogP contribution is 2.29. The van der Waals surface area contributed by atoms with Gasteiger partial charge in [0, 0.05) is 23.1 Å². The zero-order valence-electron chi connectivity index (χ0n) is 8.81. The zero-order valence-corrected chi connectivity index (χ0v) is 11.1. The van der Waals surface area contributed by atoms with E-state index in [1.165, 1.54) is 7.05 Å². The van der Waals surface area contributed by atoms with Gasteiger partial charge in [-0.25, -0.2) is 5.14 Å². The Morgan fingerprint density at radius 3 is 2.38 bits per heavy atom. The average Bonchev–Trinajstić information content (AvgIpc) is 2.14. The van der Waals surface area contributed by atoms with Crippen molar-refractivity contribution >= 4 is 33.4 Å². The quantitative estimate of drug-likeness (QED) is 0.924. The second-order valence-electron chi connectivity index (χ2n) is 3.40. The highest BCUT2D eigenvalue weighted by atomic mass is 35.5. The van der Waals surface area contributed by atoms with E-state index in [1.54, 1.807) is 25.1 Å². The summed E-state index contributed by atoms with van der Waals surface area (Å²) in [6.07, 6.45) is 0. The summed E-state index contributed by atoms with van der Waals surface area (Å²) >= 11 is 11.7. The van der Waals surface area contributed by atoms with Gasteiger partial charge in [-0.2, -0.15) is 12.7 Å². The topological polar surface area (TPSA) is 63.4 Å². The molecule has 0 fully saturated rings. The van der Waals surface area contributed by atoms with E-state index in [4.69, 9.17) is 28.3 Å². The first-order chi connectivity index (χ1) is 7.23. The summed E-state index contributed by atoms with van der Waals surface area (Å²) in [4.78, 5) is 0. The number of benzene rings is 1. The summed E-state index contributed by atoms with van der Waals surface area (Å²) in [5.74, 6) is 0. The normalized spacial score (nSPS) is 14.1. The van der Waals surface area contributed by atoms with Crippen molar-refractivity contribution in [1.29, 1.82) is 0 Å². The van der Waals surface area contributed by atoms with Crippen LogP contribution in [0.5, 0.6) is 0 Å². The molecule has 1 aromatic carbocycles. The Morgan fingerprint density at radius 2 is 1.94 bits per heavy atom. The Hall–Kier alpha value is -0.330. The predicted molar refractivity (Wildman–Crippen MR) is 65.7 cm³/mol. The van der Waals surface area contributed by atoms with Crippen LogP contribution in [0.4, 0.5) is 0 Å². The van der Waals surface area contributed by atoms with E-state index < -0.39 is 16.3 Å². The molecule has 0 radical (unpaired) electrons. The summed E-state index contributed by atoms with van der Waals surface area (Å²) in [6, 6.07) is 4.44. The molecule has 1 rings (SSSR count). The minimum Gasteiger partial charge on any atom is -0.216 e. The molecule has 2 N–H and O–H groups in total. The van der Waals surface area contributed by atoms with Gasteiger partial charge in [0.1, 0.15) is 0 Å².